The lowest BCUT2D eigenvalue weighted by atomic mass is 10.2. The summed E-state index contributed by atoms with van der Waals surface area (Å²) in [5.41, 5.74) is 1.62. The third-order valence-electron chi connectivity index (χ3n) is 3.31. The Morgan fingerprint density at radius 3 is 2.65 bits per heavy atom. The molecule has 0 aliphatic carbocycles. The van der Waals surface area contributed by atoms with Crippen LogP contribution in [0.25, 0.3) is 11.0 Å². The lowest BCUT2D eigenvalue weighted by Gasteiger charge is -2.11. The third kappa shape index (κ3) is 3.06. The summed E-state index contributed by atoms with van der Waals surface area (Å²) in [5, 5.41) is 9.54. The van der Waals surface area contributed by atoms with Crippen LogP contribution < -0.4 is 9.47 Å². The molecule has 0 bridgehead atoms. The predicted octanol–water partition coefficient (Wildman–Crippen LogP) is 2.92. The fraction of sp³-hybridized carbons (Fsp3) is 0.118. The number of carboxylic acid groups (broad SMARTS) is 1. The highest BCUT2D eigenvalue weighted by Gasteiger charge is 2.19. The quantitative estimate of drug-likeness (QED) is 0.780. The van der Waals surface area contributed by atoms with Gasteiger partial charge >= 0.3 is 5.97 Å². The molecule has 0 radical (unpaired) electrons. The zero-order valence-corrected chi connectivity index (χ0v) is 12.4. The standard InChI is InChI=1S/C17H14N2O4/c1-22-14-8-7-12-16(19-14)15(17(20)21)13(9-18-12)23-10-11-5-3-2-4-6-11/h2-9H,10H2,1H3,(H,20,21). The number of carbonyl (C=O) groups is 1. The second kappa shape index (κ2) is 6.31. The number of pyridine rings is 2. The van der Waals surface area contributed by atoms with E-state index in [4.69, 9.17) is 9.47 Å². The monoisotopic (exact) mass is 310 g/mol. The van der Waals surface area contributed by atoms with Crippen LogP contribution in [-0.4, -0.2) is 28.2 Å². The summed E-state index contributed by atoms with van der Waals surface area (Å²) in [6, 6.07) is 12.8. The van der Waals surface area contributed by atoms with E-state index in [0.29, 0.717) is 11.4 Å². The Morgan fingerprint density at radius 1 is 1.17 bits per heavy atom. The highest BCUT2D eigenvalue weighted by atomic mass is 16.5. The predicted molar refractivity (Wildman–Crippen MR) is 83.8 cm³/mol. The van der Waals surface area contributed by atoms with E-state index >= 15 is 0 Å². The summed E-state index contributed by atoms with van der Waals surface area (Å²) in [5.74, 6) is -0.627. The molecule has 23 heavy (non-hydrogen) atoms. The van der Waals surface area contributed by atoms with Crippen LogP contribution in [0.4, 0.5) is 0 Å². The van der Waals surface area contributed by atoms with Crippen LogP contribution in [0.2, 0.25) is 0 Å². The Morgan fingerprint density at radius 2 is 1.96 bits per heavy atom. The third-order valence-corrected chi connectivity index (χ3v) is 3.31. The maximum Gasteiger partial charge on any atom is 0.341 e. The highest BCUT2D eigenvalue weighted by Crippen LogP contribution is 2.27. The molecule has 0 unspecified atom stereocenters. The number of nitrogens with zero attached hydrogens (tertiary/aromatic N) is 2. The fourth-order valence-corrected chi connectivity index (χ4v) is 2.20. The maximum absolute atomic E-state index is 11.7. The van der Waals surface area contributed by atoms with E-state index in [1.54, 1.807) is 12.1 Å². The molecule has 0 fully saturated rings. The molecule has 0 atom stereocenters. The van der Waals surface area contributed by atoms with Crippen molar-refractivity contribution >= 4 is 17.0 Å². The van der Waals surface area contributed by atoms with Crippen LogP contribution in [0.15, 0.2) is 48.7 Å². The number of hydrogen-bond acceptors (Lipinski definition) is 5. The molecule has 2 heterocycles. The van der Waals surface area contributed by atoms with Crippen molar-refractivity contribution in [2.75, 3.05) is 7.11 Å². The van der Waals surface area contributed by atoms with Crippen molar-refractivity contribution in [2.45, 2.75) is 6.61 Å². The molecule has 3 rings (SSSR count). The van der Waals surface area contributed by atoms with Crippen LogP contribution >= 0.6 is 0 Å². The van der Waals surface area contributed by atoms with Gasteiger partial charge in [0, 0.05) is 6.07 Å². The van der Waals surface area contributed by atoms with Crippen molar-refractivity contribution in [3.8, 4) is 11.6 Å². The zero-order valence-electron chi connectivity index (χ0n) is 12.4. The van der Waals surface area contributed by atoms with Crippen molar-refractivity contribution in [1.29, 1.82) is 0 Å². The number of carboxylic acids is 1. The average Bonchev–Trinajstić information content (AvgIpc) is 2.59. The number of methoxy groups -OCH3 is 1. The van der Waals surface area contributed by atoms with E-state index in [1.165, 1.54) is 13.3 Å². The number of hydrogen-bond donors (Lipinski definition) is 1. The first-order valence-corrected chi connectivity index (χ1v) is 6.93. The van der Waals surface area contributed by atoms with Crippen LogP contribution in [0, 0.1) is 0 Å². The van der Waals surface area contributed by atoms with Crippen LogP contribution in [-0.2, 0) is 6.61 Å². The molecule has 0 spiro atoms. The van der Waals surface area contributed by atoms with Gasteiger partial charge in [-0.1, -0.05) is 30.3 Å². The number of aromatic carboxylic acids is 1. The van der Waals surface area contributed by atoms with Crippen molar-refractivity contribution in [1.82, 2.24) is 9.97 Å². The molecule has 0 aliphatic heterocycles. The van der Waals surface area contributed by atoms with Gasteiger partial charge in [-0.3, -0.25) is 4.98 Å². The van der Waals surface area contributed by atoms with E-state index in [9.17, 15) is 9.90 Å². The van der Waals surface area contributed by atoms with Gasteiger partial charge in [-0.15, -0.1) is 0 Å². The van der Waals surface area contributed by atoms with Crippen molar-refractivity contribution in [3.05, 3.63) is 59.8 Å². The summed E-state index contributed by atoms with van der Waals surface area (Å²) in [6.45, 7) is 0.248. The summed E-state index contributed by atoms with van der Waals surface area (Å²) in [4.78, 5) is 20.0. The number of aromatic nitrogens is 2. The smallest absolute Gasteiger partial charge is 0.341 e. The van der Waals surface area contributed by atoms with Gasteiger partial charge in [0.1, 0.15) is 17.7 Å². The second-order valence-corrected chi connectivity index (χ2v) is 4.80. The molecule has 6 heteroatoms. The van der Waals surface area contributed by atoms with Gasteiger partial charge < -0.3 is 14.6 Å². The topological polar surface area (TPSA) is 81.5 Å². The molecule has 0 saturated carbocycles. The summed E-state index contributed by atoms with van der Waals surface area (Å²) in [7, 11) is 1.47. The van der Waals surface area contributed by atoms with Crippen LogP contribution in [0.3, 0.4) is 0 Å². The molecule has 1 N–H and O–H groups in total. The van der Waals surface area contributed by atoms with Gasteiger partial charge in [-0.05, 0) is 11.6 Å². The molecule has 2 aromatic heterocycles. The Hall–Kier alpha value is -3.15. The molecule has 6 nitrogen and oxygen atoms in total. The summed E-state index contributed by atoms with van der Waals surface area (Å²) < 4.78 is 10.7. The Kier molecular flexibility index (Phi) is 4.05. The zero-order chi connectivity index (χ0) is 16.2. The number of rotatable bonds is 5. The number of benzene rings is 1. The molecule has 0 amide bonds. The van der Waals surface area contributed by atoms with Crippen LogP contribution in [0.1, 0.15) is 15.9 Å². The Bertz CT molecular complexity index is 850. The first-order valence-electron chi connectivity index (χ1n) is 6.93. The normalized spacial score (nSPS) is 10.5. The SMILES string of the molecule is COc1ccc2ncc(OCc3ccccc3)c(C(=O)O)c2n1. The Balaban J connectivity index is 2.02. The van der Waals surface area contributed by atoms with E-state index in [1.807, 2.05) is 30.3 Å². The van der Waals surface area contributed by atoms with Crippen molar-refractivity contribution in [3.63, 3.8) is 0 Å². The molecule has 3 aromatic rings. The van der Waals surface area contributed by atoms with Gasteiger partial charge in [0.15, 0.2) is 5.75 Å². The minimum Gasteiger partial charge on any atom is -0.486 e. The molecular weight excluding hydrogens is 296 g/mol. The van der Waals surface area contributed by atoms with Gasteiger partial charge in [0.05, 0.1) is 18.8 Å². The highest BCUT2D eigenvalue weighted by molar-refractivity contribution is 6.03. The van der Waals surface area contributed by atoms with Gasteiger partial charge in [-0.25, -0.2) is 9.78 Å². The average molecular weight is 310 g/mol. The van der Waals surface area contributed by atoms with E-state index in [-0.39, 0.29) is 23.4 Å². The van der Waals surface area contributed by atoms with Gasteiger partial charge in [0.2, 0.25) is 5.88 Å². The van der Waals surface area contributed by atoms with E-state index in [0.717, 1.165) is 5.56 Å². The minimum atomic E-state index is -1.12. The molecule has 0 aliphatic rings. The largest absolute Gasteiger partial charge is 0.486 e. The molecular formula is C17H14N2O4. The minimum absolute atomic E-state index is 0.0233. The van der Waals surface area contributed by atoms with Crippen molar-refractivity contribution in [2.24, 2.45) is 0 Å². The fourth-order valence-electron chi connectivity index (χ4n) is 2.20. The lowest BCUT2D eigenvalue weighted by molar-refractivity contribution is 0.0693. The summed E-state index contributed by atoms with van der Waals surface area (Å²) >= 11 is 0. The maximum atomic E-state index is 11.7. The molecule has 116 valence electrons. The van der Waals surface area contributed by atoms with Crippen LogP contribution in [0.5, 0.6) is 11.6 Å². The lowest BCUT2D eigenvalue weighted by Crippen LogP contribution is -2.06. The van der Waals surface area contributed by atoms with E-state index < -0.39 is 5.97 Å². The molecule has 0 saturated heterocycles. The first kappa shape index (κ1) is 14.8. The van der Waals surface area contributed by atoms with Gasteiger partial charge in [-0.2, -0.15) is 0 Å². The molecule has 1 aromatic carbocycles. The second-order valence-electron chi connectivity index (χ2n) is 4.80. The Labute approximate surface area is 132 Å². The van der Waals surface area contributed by atoms with E-state index in [2.05, 4.69) is 9.97 Å². The van der Waals surface area contributed by atoms with Crippen molar-refractivity contribution < 1.29 is 19.4 Å². The summed E-state index contributed by atoms with van der Waals surface area (Å²) in [6.07, 6.45) is 1.41. The number of fused-ring (bicyclic) bond motifs is 1. The van der Waals surface area contributed by atoms with Gasteiger partial charge in [0.25, 0.3) is 0 Å². The number of ether oxygens (including phenoxy) is 2. The first-order chi connectivity index (χ1) is 11.2.